The van der Waals surface area contributed by atoms with Gasteiger partial charge in [0.15, 0.2) is 5.78 Å². The third kappa shape index (κ3) is 6.08. The molecule has 5 nitrogen and oxygen atoms in total. The quantitative estimate of drug-likeness (QED) is 0.433. The minimum Gasteiger partial charge on any atom is -0.491 e. The molecule has 34 heavy (non-hydrogen) atoms. The van der Waals surface area contributed by atoms with Crippen LogP contribution in [0.5, 0.6) is 5.75 Å². The zero-order valence-corrected chi connectivity index (χ0v) is 23.0. The lowest BCUT2D eigenvalue weighted by Gasteiger charge is -2.32. The molecule has 6 heteroatoms. The first-order valence-electron chi connectivity index (χ1n) is 12.1. The Morgan fingerprint density at radius 3 is 2.21 bits per heavy atom. The van der Waals surface area contributed by atoms with Crippen molar-refractivity contribution in [3.63, 3.8) is 0 Å². The van der Waals surface area contributed by atoms with Crippen LogP contribution in [0.25, 0.3) is 0 Å². The molecule has 188 valence electrons. The molecule has 2 rings (SSSR count). The number of aryl methyl sites for hydroxylation is 2. The number of ketones is 1. The topological polar surface area (TPSA) is 75.6 Å². The molecular weight excluding hydrogens is 446 g/mol. The maximum absolute atomic E-state index is 12.8. The van der Waals surface area contributed by atoms with Crippen LogP contribution in [0.2, 0.25) is 0 Å². The number of benzene rings is 1. The van der Waals surface area contributed by atoms with E-state index < -0.39 is 12.1 Å². The van der Waals surface area contributed by atoms with Crippen molar-refractivity contribution in [2.45, 2.75) is 92.7 Å². The van der Waals surface area contributed by atoms with Gasteiger partial charge in [-0.25, -0.2) is 0 Å². The van der Waals surface area contributed by atoms with E-state index in [0.717, 1.165) is 34.6 Å². The molecule has 1 unspecified atom stereocenters. The fourth-order valence-corrected chi connectivity index (χ4v) is 5.41. The van der Waals surface area contributed by atoms with Crippen molar-refractivity contribution in [2.75, 3.05) is 6.61 Å². The van der Waals surface area contributed by atoms with Crippen molar-refractivity contribution in [3.05, 3.63) is 50.7 Å². The van der Waals surface area contributed by atoms with E-state index in [9.17, 15) is 14.7 Å². The van der Waals surface area contributed by atoms with Crippen molar-refractivity contribution in [1.29, 1.82) is 0 Å². The molecule has 0 spiro atoms. The number of amides is 1. The van der Waals surface area contributed by atoms with Crippen LogP contribution >= 0.6 is 11.3 Å². The van der Waals surface area contributed by atoms with E-state index in [1.807, 2.05) is 40.7 Å². The monoisotopic (exact) mass is 487 g/mol. The van der Waals surface area contributed by atoms with Crippen molar-refractivity contribution in [3.8, 4) is 5.75 Å². The number of carbonyl (C=O) groups is 2. The fraction of sp³-hybridized carbons (Fsp3) is 0.571. The summed E-state index contributed by atoms with van der Waals surface area (Å²) in [7, 11) is 0. The summed E-state index contributed by atoms with van der Waals surface area (Å²) >= 11 is 1.51. The molecule has 2 aromatic rings. The molecule has 0 radical (unpaired) electrons. The van der Waals surface area contributed by atoms with Crippen LogP contribution in [0.15, 0.2) is 24.3 Å². The molecule has 1 heterocycles. The Bertz CT molecular complexity index is 1010. The smallest absolute Gasteiger partial charge is 0.262 e. The summed E-state index contributed by atoms with van der Waals surface area (Å²) in [6, 6.07) is 7.86. The largest absolute Gasteiger partial charge is 0.491 e. The predicted molar refractivity (Wildman–Crippen MR) is 140 cm³/mol. The van der Waals surface area contributed by atoms with Crippen molar-refractivity contribution in [2.24, 2.45) is 5.41 Å². The summed E-state index contributed by atoms with van der Waals surface area (Å²) in [6.45, 7) is 17.7. The van der Waals surface area contributed by atoms with Crippen molar-refractivity contribution in [1.82, 2.24) is 5.32 Å². The summed E-state index contributed by atoms with van der Waals surface area (Å²) in [6.07, 6.45) is 1.22. The van der Waals surface area contributed by atoms with E-state index in [4.69, 9.17) is 4.74 Å². The number of nitrogens with one attached hydrogen (secondary N) is 1. The first-order valence-corrected chi connectivity index (χ1v) is 12.9. The molecule has 0 aliphatic heterocycles. The molecule has 0 aliphatic rings. The summed E-state index contributed by atoms with van der Waals surface area (Å²) in [5, 5.41) is 13.1. The van der Waals surface area contributed by atoms with E-state index in [1.165, 1.54) is 23.8 Å². The first kappa shape index (κ1) is 28.1. The molecule has 1 aromatic carbocycles. The van der Waals surface area contributed by atoms with Gasteiger partial charge in [-0.3, -0.25) is 9.59 Å². The fourth-order valence-electron chi connectivity index (χ4n) is 3.98. The third-order valence-electron chi connectivity index (χ3n) is 6.88. The number of aliphatic hydroxyl groups excluding tert-OH is 1. The van der Waals surface area contributed by atoms with Crippen LogP contribution < -0.4 is 10.1 Å². The molecular formula is C28H41NO4S. The number of aliphatic hydroxyl groups is 1. The average molecular weight is 488 g/mol. The van der Waals surface area contributed by atoms with Gasteiger partial charge in [-0.05, 0) is 74.8 Å². The predicted octanol–water partition coefficient (Wildman–Crippen LogP) is 5.96. The lowest BCUT2D eigenvalue weighted by atomic mass is 9.74. The van der Waals surface area contributed by atoms with E-state index in [1.54, 1.807) is 6.92 Å². The summed E-state index contributed by atoms with van der Waals surface area (Å²) in [5.74, 6) is 0.510. The van der Waals surface area contributed by atoms with Crippen LogP contribution in [0.1, 0.15) is 92.5 Å². The van der Waals surface area contributed by atoms with E-state index in [2.05, 4.69) is 37.4 Å². The lowest BCUT2D eigenvalue weighted by molar-refractivity contribution is -0.118. The van der Waals surface area contributed by atoms with Gasteiger partial charge in [0.1, 0.15) is 12.4 Å². The van der Waals surface area contributed by atoms with Crippen LogP contribution in [0.4, 0.5) is 0 Å². The van der Waals surface area contributed by atoms with Crippen LogP contribution in [-0.2, 0) is 10.2 Å². The number of carbonyl (C=O) groups excluding carboxylic acids is 2. The van der Waals surface area contributed by atoms with E-state index in [0.29, 0.717) is 4.88 Å². The second-order valence-electron chi connectivity index (χ2n) is 10.4. The number of thiophene rings is 1. The normalized spacial score (nSPS) is 13.9. The van der Waals surface area contributed by atoms with Crippen molar-refractivity contribution >= 4 is 23.0 Å². The van der Waals surface area contributed by atoms with Gasteiger partial charge < -0.3 is 15.2 Å². The summed E-state index contributed by atoms with van der Waals surface area (Å²) < 4.78 is 5.95. The van der Waals surface area contributed by atoms with Gasteiger partial charge in [-0.1, -0.05) is 46.8 Å². The van der Waals surface area contributed by atoms with Crippen LogP contribution in [0, 0.1) is 19.3 Å². The van der Waals surface area contributed by atoms with E-state index in [-0.39, 0.29) is 29.1 Å². The Morgan fingerprint density at radius 1 is 1.09 bits per heavy atom. The Kier molecular flexibility index (Phi) is 9.11. The number of hydrogen-bond donors (Lipinski definition) is 2. The molecule has 1 amide bonds. The van der Waals surface area contributed by atoms with Gasteiger partial charge in [0.25, 0.3) is 5.91 Å². The second kappa shape index (κ2) is 11.0. The molecule has 2 atom stereocenters. The molecule has 1 aromatic heterocycles. The highest BCUT2D eigenvalue weighted by Gasteiger charge is 2.34. The van der Waals surface area contributed by atoms with Gasteiger partial charge in [0, 0.05) is 10.3 Å². The van der Waals surface area contributed by atoms with Crippen LogP contribution in [0.3, 0.4) is 0 Å². The lowest BCUT2D eigenvalue weighted by Crippen LogP contribution is -2.37. The van der Waals surface area contributed by atoms with Gasteiger partial charge >= 0.3 is 0 Å². The third-order valence-corrected chi connectivity index (χ3v) is 8.32. The number of rotatable bonds is 10. The average Bonchev–Trinajstić information content (AvgIpc) is 3.15. The highest BCUT2D eigenvalue weighted by molar-refractivity contribution is 7.14. The minimum atomic E-state index is -0.554. The Balaban J connectivity index is 2.37. The number of Topliss-reactive ketones (excluding diaryl/α,β-unsaturated/α-hetero) is 1. The first-order chi connectivity index (χ1) is 15.8. The molecule has 0 bridgehead atoms. The number of ether oxygens (including phenoxy) is 1. The molecule has 0 aliphatic carbocycles. The van der Waals surface area contributed by atoms with Gasteiger partial charge in [0.2, 0.25) is 0 Å². The van der Waals surface area contributed by atoms with E-state index >= 15 is 0 Å². The SMILES string of the molecule is CCC(CC)(c1ccc(OCC(O)C(C)(C)C)c(C)c1)c1cc(C)c(C(=O)N[C@H](C)C(C)=O)s1. The highest BCUT2D eigenvalue weighted by Crippen LogP contribution is 2.44. The zero-order chi connectivity index (χ0) is 25.8. The molecule has 0 saturated carbocycles. The Labute approximate surface area is 208 Å². The van der Waals surface area contributed by atoms with Gasteiger partial charge in [-0.15, -0.1) is 11.3 Å². The molecule has 2 N–H and O–H groups in total. The minimum absolute atomic E-state index is 0.0629. The van der Waals surface area contributed by atoms with Gasteiger partial charge in [0.05, 0.1) is 17.0 Å². The summed E-state index contributed by atoms with van der Waals surface area (Å²) in [4.78, 5) is 26.2. The van der Waals surface area contributed by atoms with Gasteiger partial charge in [-0.2, -0.15) is 0 Å². The number of hydrogen-bond acceptors (Lipinski definition) is 5. The Morgan fingerprint density at radius 2 is 1.71 bits per heavy atom. The summed E-state index contributed by atoms with van der Waals surface area (Å²) in [5.41, 5.74) is 2.66. The standard InChI is InChI=1S/C28H41NO4S/c1-10-28(11-2,24-15-18(4)25(34-24)26(32)29-19(5)20(6)30)21-12-13-22(17(3)14-21)33-16-23(31)27(7,8)9/h12-15,19,23,31H,10-11,16H2,1-9H3,(H,29,32)/t19-,23?/m1/s1. The maximum atomic E-state index is 12.8. The van der Waals surface area contributed by atoms with Crippen molar-refractivity contribution < 1.29 is 19.4 Å². The second-order valence-corrected chi connectivity index (χ2v) is 11.4. The maximum Gasteiger partial charge on any atom is 0.262 e. The Hall–Kier alpha value is -2.18. The highest BCUT2D eigenvalue weighted by atomic mass is 32.1. The van der Waals surface area contributed by atoms with Crippen LogP contribution in [-0.4, -0.2) is 35.5 Å². The zero-order valence-electron chi connectivity index (χ0n) is 22.2. The molecule has 0 fully saturated rings. The molecule has 0 saturated heterocycles.